The topological polar surface area (TPSA) is 17.1 Å². The number of hydrogen-bond donors (Lipinski definition) is 0. The van der Waals surface area contributed by atoms with Gasteiger partial charge in [-0.1, -0.05) is 6.42 Å². The summed E-state index contributed by atoms with van der Waals surface area (Å²) in [6.07, 6.45) is 10.2. The maximum atomic E-state index is 11.7. The highest BCUT2D eigenvalue weighted by molar-refractivity contribution is 7.80. The lowest BCUT2D eigenvalue weighted by molar-refractivity contribution is -0.113. The fourth-order valence-electron chi connectivity index (χ4n) is 3.79. The Morgan fingerprint density at radius 2 is 2.00 bits per heavy atom. The van der Waals surface area contributed by atoms with Gasteiger partial charge in [-0.05, 0) is 43.9 Å². The summed E-state index contributed by atoms with van der Waals surface area (Å²) in [7, 11) is 0. The van der Waals surface area contributed by atoms with Crippen molar-refractivity contribution in [2.24, 2.45) is 17.8 Å². The van der Waals surface area contributed by atoms with Gasteiger partial charge in [-0.25, -0.2) is 0 Å². The van der Waals surface area contributed by atoms with Gasteiger partial charge in [-0.2, -0.15) is 0 Å². The van der Waals surface area contributed by atoms with E-state index >= 15 is 0 Å². The lowest BCUT2D eigenvalue weighted by Crippen LogP contribution is -2.22. The first-order valence-electron chi connectivity index (χ1n) is 6.85. The van der Waals surface area contributed by atoms with Crippen molar-refractivity contribution in [2.75, 3.05) is 5.75 Å². The summed E-state index contributed by atoms with van der Waals surface area (Å²) in [5.41, 5.74) is 0. The third-order valence-corrected chi connectivity index (χ3v) is 6.10. The summed E-state index contributed by atoms with van der Waals surface area (Å²) in [5.74, 6) is 4.69. The second-order valence-electron chi connectivity index (χ2n) is 5.80. The number of ketones is 1. The number of rotatable bonds is 2. The van der Waals surface area contributed by atoms with E-state index < -0.39 is 0 Å². The molecule has 0 aliphatic heterocycles. The molecule has 3 saturated carbocycles. The van der Waals surface area contributed by atoms with Gasteiger partial charge in [0, 0.05) is 18.8 Å². The second-order valence-corrected chi connectivity index (χ2v) is 6.91. The van der Waals surface area contributed by atoms with Crippen LogP contribution in [-0.4, -0.2) is 16.4 Å². The molecule has 16 heavy (non-hydrogen) atoms. The lowest BCUT2D eigenvalue weighted by atomic mass is 9.90. The molecule has 0 N–H and O–H groups in total. The zero-order valence-corrected chi connectivity index (χ0v) is 10.7. The first kappa shape index (κ1) is 10.9. The van der Waals surface area contributed by atoms with Gasteiger partial charge in [0.05, 0.1) is 0 Å². The summed E-state index contributed by atoms with van der Waals surface area (Å²) >= 11 is 1.91. The lowest BCUT2D eigenvalue weighted by Gasteiger charge is -2.15. The third kappa shape index (κ3) is 2.09. The van der Waals surface area contributed by atoms with E-state index in [1.807, 2.05) is 11.4 Å². The van der Waals surface area contributed by atoms with Crippen molar-refractivity contribution in [3.05, 3.63) is 0 Å². The molecule has 2 heteroatoms. The summed E-state index contributed by atoms with van der Waals surface area (Å²) in [6.45, 7) is 0. The normalized spacial score (nSPS) is 40.9. The van der Waals surface area contributed by atoms with Crippen LogP contribution in [0.3, 0.4) is 0 Å². The Labute approximate surface area is 102 Å². The molecule has 3 aliphatic carbocycles. The van der Waals surface area contributed by atoms with Crippen LogP contribution in [0.1, 0.15) is 51.4 Å². The van der Waals surface area contributed by atoms with Crippen molar-refractivity contribution >= 4 is 22.0 Å². The van der Waals surface area contributed by atoms with Gasteiger partial charge in [0.2, 0.25) is 10.6 Å². The number of hydrogen-bond acceptors (Lipinski definition) is 1. The summed E-state index contributed by atoms with van der Waals surface area (Å²) in [5, 5.41) is 0. The highest BCUT2D eigenvalue weighted by Crippen LogP contribution is 2.48. The zero-order chi connectivity index (χ0) is 11.0. The molecule has 0 saturated heterocycles. The van der Waals surface area contributed by atoms with Crippen LogP contribution in [0.25, 0.3) is 0 Å². The smallest absolute Gasteiger partial charge is 0.243 e. The quantitative estimate of drug-likeness (QED) is 0.533. The molecular weight excluding hydrogens is 216 g/mol. The van der Waals surface area contributed by atoms with Crippen LogP contribution in [0.15, 0.2) is 0 Å². The van der Waals surface area contributed by atoms with Crippen LogP contribution >= 0.6 is 0 Å². The standard InChI is InChI=1S/C14H21OS/c15-13-3-1-2-4-14(13)16-9-12-8-10-5-6-11(12)7-10/h10-12H,1-9H2/q+1. The minimum Gasteiger partial charge on any atom is -0.289 e. The van der Waals surface area contributed by atoms with Crippen LogP contribution in [0.4, 0.5) is 0 Å². The summed E-state index contributed by atoms with van der Waals surface area (Å²) in [6, 6.07) is 0. The molecule has 0 radical (unpaired) electrons. The van der Waals surface area contributed by atoms with Gasteiger partial charge in [0.1, 0.15) is 0 Å². The van der Waals surface area contributed by atoms with Crippen molar-refractivity contribution in [1.29, 1.82) is 0 Å². The molecule has 1 nitrogen and oxygen atoms in total. The predicted octanol–water partition coefficient (Wildman–Crippen LogP) is 2.82. The Morgan fingerprint density at radius 1 is 1.12 bits per heavy atom. The van der Waals surface area contributed by atoms with Gasteiger partial charge in [-0.15, -0.1) is 0 Å². The third-order valence-electron chi connectivity index (χ3n) is 4.72. The maximum Gasteiger partial charge on any atom is 0.243 e. The Morgan fingerprint density at radius 3 is 2.69 bits per heavy atom. The van der Waals surface area contributed by atoms with E-state index in [1.54, 1.807) is 0 Å². The van der Waals surface area contributed by atoms with Crippen molar-refractivity contribution in [3.8, 4) is 0 Å². The zero-order valence-electron chi connectivity index (χ0n) is 9.91. The number of fused-ring (bicyclic) bond motifs is 2. The van der Waals surface area contributed by atoms with Crippen molar-refractivity contribution in [3.63, 3.8) is 0 Å². The molecule has 3 fully saturated rings. The Bertz CT molecular complexity index is 321. The Kier molecular flexibility index (Phi) is 3.10. The summed E-state index contributed by atoms with van der Waals surface area (Å²) < 4.78 is 0. The van der Waals surface area contributed by atoms with Gasteiger partial charge in [-0.3, -0.25) is 4.79 Å². The van der Waals surface area contributed by atoms with Gasteiger partial charge in [0.15, 0.2) is 17.1 Å². The average Bonchev–Trinajstić information content (AvgIpc) is 2.90. The molecule has 0 spiro atoms. The molecule has 3 rings (SSSR count). The van der Waals surface area contributed by atoms with Crippen molar-refractivity contribution in [2.45, 2.75) is 51.4 Å². The highest BCUT2D eigenvalue weighted by Gasteiger charge is 2.41. The van der Waals surface area contributed by atoms with E-state index in [-0.39, 0.29) is 0 Å². The van der Waals surface area contributed by atoms with Crippen molar-refractivity contribution < 1.29 is 4.79 Å². The molecule has 0 heterocycles. The number of carbonyl (C=O) groups excluding carboxylic acids is 1. The van der Waals surface area contributed by atoms with Crippen LogP contribution in [0, 0.1) is 17.8 Å². The molecular formula is C14H21OS+. The molecule has 0 amide bonds. The van der Waals surface area contributed by atoms with E-state index in [2.05, 4.69) is 0 Å². The minimum atomic E-state index is 0.458. The molecule has 3 aliphatic rings. The van der Waals surface area contributed by atoms with E-state index in [9.17, 15) is 4.79 Å². The van der Waals surface area contributed by atoms with E-state index in [4.69, 9.17) is 0 Å². The molecule has 3 unspecified atom stereocenters. The first-order chi connectivity index (χ1) is 7.83. The van der Waals surface area contributed by atoms with Crippen LogP contribution in [0.2, 0.25) is 0 Å². The van der Waals surface area contributed by atoms with Gasteiger partial charge < -0.3 is 0 Å². The SMILES string of the molecule is O=C1CCCCC1=[S+]CC1CC2CCC1C2. The fourth-order valence-corrected chi connectivity index (χ4v) is 5.17. The molecule has 0 aromatic heterocycles. The van der Waals surface area contributed by atoms with E-state index in [1.165, 1.54) is 42.7 Å². The van der Waals surface area contributed by atoms with Crippen LogP contribution in [-0.2, 0) is 16.1 Å². The van der Waals surface area contributed by atoms with Crippen LogP contribution < -0.4 is 0 Å². The van der Waals surface area contributed by atoms with Crippen molar-refractivity contribution in [1.82, 2.24) is 0 Å². The average molecular weight is 237 g/mol. The van der Waals surface area contributed by atoms with E-state index in [0.717, 1.165) is 37.0 Å². The summed E-state index contributed by atoms with van der Waals surface area (Å²) in [4.78, 5) is 12.9. The molecule has 0 aromatic rings. The van der Waals surface area contributed by atoms with Gasteiger partial charge >= 0.3 is 0 Å². The van der Waals surface area contributed by atoms with Gasteiger partial charge in [0.25, 0.3) is 0 Å². The Hall–Kier alpha value is -0.240. The maximum absolute atomic E-state index is 11.7. The predicted molar refractivity (Wildman–Crippen MR) is 69.7 cm³/mol. The number of Topliss-reactive ketones (excluding diaryl/α,β-unsaturated/α-hetero) is 1. The first-order valence-corrected chi connectivity index (χ1v) is 7.83. The fraction of sp³-hybridized carbons (Fsp3) is 0.857. The molecule has 2 bridgehead atoms. The molecule has 88 valence electrons. The largest absolute Gasteiger partial charge is 0.289 e. The van der Waals surface area contributed by atoms with E-state index in [0.29, 0.717) is 5.78 Å². The molecule has 3 atom stereocenters. The minimum absolute atomic E-state index is 0.458. The highest BCUT2D eigenvalue weighted by atomic mass is 32.1. The van der Waals surface area contributed by atoms with Crippen LogP contribution in [0.5, 0.6) is 0 Å². The second kappa shape index (κ2) is 4.56. The number of carbonyl (C=O) groups is 1. The molecule has 0 aromatic carbocycles. The Balaban J connectivity index is 1.59. The monoisotopic (exact) mass is 237 g/mol.